The fourth-order valence-electron chi connectivity index (χ4n) is 4.91. The Hall–Kier alpha value is -4.04. The summed E-state index contributed by atoms with van der Waals surface area (Å²) < 4.78 is 4.32. The van der Waals surface area contributed by atoms with Crippen molar-refractivity contribution in [2.24, 2.45) is 0 Å². The zero-order valence-electron chi connectivity index (χ0n) is 19.3. The highest BCUT2D eigenvalue weighted by atomic mass is 16.2. The Morgan fingerprint density at radius 1 is 0.794 bits per heavy atom. The number of nitrogens with one attached hydrogen (secondary N) is 1. The van der Waals surface area contributed by atoms with Gasteiger partial charge in [0.05, 0.1) is 11.1 Å². The Morgan fingerprint density at radius 3 is 1.79 bits per heavy atom. The van der Waals surface area contributed by atoms with Crippen LogP contribution in [0.4, 0.5) is 0 Å². The number of rotatable bonds is 8. The van der Waals surface area contributed by atoms with Crippen molar-refractivity contribution in [1.82, 2.24) is 14.5 Å². The molecule has 0 saturated heterocycles. The summed E-state index contributed by atoms with van der Waals surface area (Å²) in [5.41, 5.74) is 4.56. The van der Waals surface area contributed by atoms with Gasteiger partial charge in [-0.15, -0.1) is 12.3 Å². The number of aryl methyl sites for hydroxylation is 2. The number of unbranched alkanes of at least 4 members (excludes halogenated alkanes) is 2. The Kier molecular flexibility index (Phi) is 5.81. The number of carbonyl (C=O) groups excluding carboxylic acids is 2. The molecule has 2 aromatic heterocycles. The van der Waals surface area contributed by atoms with Crippen LogP contribution in [0, 0.1) is 12.3 Å². The first-order chi connectivity index (χ1) is 16.6. The summed E-state index contributed by atoms with van der Waals surface area (Å²) in [5.74, 6) is 1.99. The van der Waals surface area contributed by atoms with Crippen molar-refractivity contribution in [1.29, 1.82) is 0 Å². The van der Waals surface area contributed by atoms with Crippen LogP contribution >= 0.6 is 0 Å². The summed E-state index contributed by atoms with van der Waals surface area (Å²) in [5, 5.41) is 4.49. The van der Waals surface area contributed by atoms with E-state index in [2.05, 4.69) is 33.4 Å². The molecule has 2 amide bonds. The van der Waals surface area contributed by atoms with Gasteiger partial charge in [0, 0.05) is 64.8 Å². The summed E-state index contributed by atoms with van der Waals surface area (Å²) in [7, 11) is 0. The van der Waals surface area contributed by atoms with E-state index in [9.17, 15) is 9.59 Å². The van der Waals surface area contributed by atoms with Gasteiger partial charge in [0.1, 0.15) is 0 Å². The van der Waals surface area contributed by atoms with E-state index in [0.29, 0.717) is 17.6 Å². The van der Waals surface area contributed by atoms with Gasteiger partial charge in [-0.1, -0.05) is 49.7 Å². The SMILES string of the molecule is C#CCCCn1cc(C2=C(c3cn(CCCC)c4ccccc34)C(=O)NC2=O)c2ccccc21. The van der Waals surface area contributed by atoms with Gasteiger partial charge in [-0.25, -0.2) is 0 Å². The van der Waals surface area contributed by atoms with E-state index < -0.39 is 0 Å². The number of imide groups is 1. The molecule has 0 fully saturated rings. The van der Waals surface area contributed by atoms with Crippen molar-refractivity contribution in [2.45, 2.75) is 45.7 Å². The fourth-order valence-corrected chi connectivity index (χ4v) is 4.91. The Bertz CT molecular complexity index is 1490. The maximum absolute atomic E-state index is 13.2. The summed E-state index contributed by atoms with van der Waals surface area (Å²) in [6.45, 7) is 3.78. The lowest BCUT2D eigenvalue weighted by atomic mass is 9.95. The zero-order valence-corrected chi connectivity index (χ0v) is 19.3. The Morgan fingerprint density at radius 2 is 1.29 bits per heavy atom. The molecule has 1 aliphatic rings. The minimum atomic E-state index is -0.350. The second kappa shape index (κ2) is 9.07. The summed E-state index contributed by atoms with van der Waals surface area (Å²) >= 11 is 0. The third-order valence-corrected chi connectivity index (χ3v) is 6.52. The van der Waals surface area contributed by atoms with Crippen LogP contribution < -0.4 is 5.32 Å². The predicted octanol–water partition coefficient (Wildman–Crippen LogP) is 5.38. The van der Waals surface area contributed by atoms with E-state index in [1.807, 2.05) is 54.9 Å². The van der Waals surface area contributed by atoms with Gasteiger partial charge in [0.25, 0.3) is 11.8 Å². The van der Waals surface area contributed by atoms with E-state index in [-0.39, 0.29) is 11.8 Å². The maximum atomic E-state index is 13.2. The highest BCUT2D eigenvalue weighted by Gasteiger charge is 2.35. The number of hydrogen-bond donors (Lipinski definition) is 1. The lowest BCUT2D eigenvalue weighted by Crippen LogP contribution is -2.22. The molecule has 1 N–H and O–H groups in total. The third-order valence-electron chi connectivity index (χ3n) is 6.52. The van der Waals surface area contributed by atoms with E-state index in [0.717, 1.165) is 65.3 Å². The van der Waals surface area contributed by atoms with Crippen molar-refractivity contribution < 1.29 is 9.59 Å². The molecule has 0 bridgehead atoms. The highest BCUT2D eigenvalue weighted by Crippen LogP contribution is 2.39. The summed E-state index contributed by atoms with van der Waals surface area (Å²) in [4.78, 5) is 26.3. The second-order valence-corrected chi connectivity index (χ2v) is 8.70. The highest BCUT2D eigenvalue weighted by molar-refractivity contribution is 6.50. The molecule has 0 unspecified atom stereocenters. The molecule has 4 aromatic rings. The Balaban J connectivity index is 1.73. The van der Waals surface area contributed by atoms with Crippen molar-refractivity contribution >= 4 is 44.8 Å². The van der Waals surface area contributed by atoms with Crippen LogP contribution in [0.3, 0.4) is 0 Å². The monoisotopic (exact) mass is 449 g/mol. The molecule has 3 heterocycles. The molecular weight excluding hydrogens is 422 g/mol. The molecule has 0 radical (unpaired) electrons. The molecule has 1 aliphatic heterocycles. The van der Waals surface area contributed by atoms with Gasteiger partial charge in [-0.2, -0.15) is 0 Å². The molecule has 2 aromatic carbocycles. The van der Waals surface area contributed by atoms with Crippen LogP contribution in [-0.4, -0.2) is 20.9 Å². The standard InChI is InChI=1S/C29H27N3O2/c1-3-5-11-17-32-19-23(21-13-8-10-15-25(21)32)27-26(28(33)30-29(27)34)22-18-31(16-6-4-2)24-14-9-7-12-20(22)24/h1,7-10,12-15,18-19H,4-6,11,16-17H2,2H3,(H,30,33,34). The van der Waals surface area contributed by atoms with Crippen LogP contribution in [0.2, 0.25) is 0 Å². The number of hydrogen-bond acceptors (Lipinski definition) is 2. The fraction of sp³-hybridized carbons (Fsp3) is 0.241. The van der Waals surface area contributed by atoms with Crippen LogP contribution in [0.25, 0.3) is 33.0 Å². The molecular formula is C29H27N3O2. The predicted molar refractivity (Wildman–Crippen MR) is 137 cm³/mol. The van der Waals surface area contributed by atoms with Gasteiger partial charge in [0.2, 0.25) is 0 Å². The summed E-state index contributed by atoms with van der Waals surface area (Å²) in [6, 6.07) is 16.1. The number of amides is 2. The van der Waals surface area contributed by atoms with Crippen molar-refractivity contribution in [3.8, 4) is 12.3 Å². The van der Waals surface area contributed by atoms with E-state index in [4.69, 9.17) is 6.42 Å². The van der Waals surface area contributed by atoms with Crippen LogP contribution in [0.15, 0.2) is 60.9 Å². The van der Waals surface area contributed by atoms with Gasteiger partial charge in [-0.05, 0) is 25.0 Å². The van der Waals surface area contributed by atoms with Gasteiger partial charge in [-0.3, -0.25) is 14.9 Å². The average molecular weight is 450 g/mol. The van der Waals surface area contributed by atoms with Crippen LogP contribution in [-0.2, 0) is 22.7 Å². The van der Waals surface area contributed by atoms with Gasteiger partial charge in [0.15, 0.2) is 0 Å². The molecule has 0 aliphatic carbocycles. The second-order valence-electron chi connectivity index (χ2n) is 8.70. The van der Waals surface area contributed by atoms with E-state index in [1.165, 1.54) is 0 Å². The number of carbonyl (C=O) groups is 2. The van der Waals surface area contributed by atoms with Gasteiger partial charge >= 0.3 is 0 Å². The largest absolute Gasteiger partial charge is 0.347 e. The molecule has 5 heteroatoms. The number of nitrogens with zero attached hydrogens (tertiary/aromatic N) is 2. The van der Waals surface area contributed by atoms with E-state index in [1.54, 1.807) is 0 Å². The lowest BCUT2D eigenvalue weighted by molar-refractivity contribution is -0.122. The number of fused-ring (bicyclic) bond motifs is 2. The zero-order chi connectivity index (χ0) is 23.7. The number of terminal acetylenes is 1. The molecule has 0 atom stereocenters. The maximum Gasteiger partial charge on any atom is 0.259 e. The average Bonchev–Trinajstić information content (AvgIpc) is 3.48. The number of aromatic nitrogens is 2. The Labute approximate surface area is 199 Å². The minimum absolute atomic E-state index is 0.345. The first kappa shape index (κ1) is 21.8. The van der Waals surface area contributed by atoms with Crippen molar-refractivity contribution in [3.05, 3.63) is 72.1 Å². The third kappa shape index (κ3) is 3.62. The molecule has 34 heavy (non-hydrogen) atoms. The van der Waals surface area contributed by atoms with Crippen LogP contribution in [0.1, 0.15) is 43.7 Å². The molecule has 5 nitrogen and oxygen atoms in total. The molecule has 5 rings (SSSR count). The minimum Gasteiger partial charge on any atom is -0.347 e. The van der Waals surface area contributed by atoms with Crippen molar-refractivity contribution in [2.75, 3.05) is 0 Å². The molecule has 0 saturated carbocycles. The first-order valence-corrected chi connectivity index (χ1v) is 11.8. The number of para-hydroxylation sites is 2. The molecule has 170 valence electrons. The van der Waals surface area contributed by atoms with Gasteiger partial charge < -0.3 is 9.13 Å². The molecule has 0 spiro atoms. The smallest absolute Gasteiger partial charge is 0.259 e. The van der Waals surface area contributed by atoms with E-state index >= 15 is 0 Å². The van der Waals surface area contributed by atoms with Crippen molar-refractivity contribution in [3.63, 3.8) is 0 Å². The first-order valence-electron chi connectivity index (χ1n) is 11.8. The normalized spacial score (nSPS) is 13.8. The topological polar surface area (TPSA) is 56.0 Å². The van der Waals surface area contributed by atoms with Crippen LogP contribution in [0.5, 0.6) is 0 Å². The summed E-state index contributed by atoms with van der Waals surface area (Å²) in [6.07, 6.45) is 13.1. The lowest BCUT2D eigenvalue weighted by Gasteiger charge is -2.03. The quantitative estimate of drug-likeness (QED) is 0.223. The number of benzene rings is 2.